The zero-order valence-electron chi connectivity index (χ0n) is 19.5. The molecule has 1 amide bonds. The van der Waals surface area contributed by atoms with Crippen LogP contribution in [-0.2, 0) is 23.1 Å². The average molecular weight is 478 g/mol. The van der Waals surface area contributed by atoms with Gasteiger partial charge in [-0.05, 0) is 66.8 Å². The van der Waals surface area contributed by atoms with Crippen LogP contribution in [0.25, 0.3) is 0 Å². The molecule has 0 saturated carbocycles. The van der Waals surface area contributed by atoms with Gasteiger partial charge in [-0.15, -0.1) is 0 Å². The minimum Gasteiger partial charge on any atom is -0.372 e. The number of piperidine rings is 1. The van der Waals surface area contributed by atoms with Crippen LogP contribution in [0.5, 0.6) is 0 Å². The molecule has 3 aromatic carbocycles. The van der Waals surface area contributed by atoms with Crippen molar-refractivity contribution >= 4 is 27.3 Å². The summed E-state index contributed by atoms with van der Waals surface area (Å²) in [4.78, 5) is 15.1. The second-order valence-electron chi connectivity index (χ2n) is 8.70. The Kier molecular flexibility index (Phi) is 7.53. The lowest BCUT2D eigenvalue weighted by Gasteiger charge is -2.28. The van der Waals surface area contributed by atoms with Crippen molar-refractivity contribution < 1.29 is 13.2 Å². The highest BCUT2D eigenvalue weighted by atomic mass is 32.2. The summed E-state index contributed by atoms with van der Waals surface area (Å²) in [5.74, 6) is -0.194. The second-order valence-corrected chi connectivity index (χ2v) is 10.6. The van der Waals surface area contributed by atoms with Gasteiger partial charge in [0.2, 0.25) is 10.0 Å². The summed E-state index contributed by atoms with van der Waals surface area (Å²) in [6.07, 6.45) is 4.98. The molecule has 0 aromatic heterocycles. The fourth-order valence-corrected chi connectivity index (χ4v) is 5.08. The maximum absolute atomic E-state index is 12.7. The van der Waals surface area contributed by atoms with E-state index >= 15 is 0 Å². The fraction of sp³-hybridized carbons (Fsp3) is 0.296. The number of rotatable bonds is 8. The van der Waals surface area contributed by atoms with Crippen molar-refractivity contribution in [1.29, 1.82) is 0 Å². The molecule has 0 unspecified atom stereocenters. The van der Waals surface area contributed by atoms with E-state index in [4.69, 9.17) is 0 Å². The Labute approximate surface area is 202 Å². The van der Waals surface area contributed by atoms with Gasteiger partial charge in [-0.2, -0.15) is 0 Å². The molecule has 0 radical (unpaired) electrons. The van der Waals surface area contributed by atoms with Crippen molar-refractivity contribution in [3.05, 3.63) is 95.6 Å². The van der Waals surface area contributed by atoms with Gasteiger partial charge in [0.05, 0.1) is 18.5 Å². The van der Waals surface area contributed by atoms with Crippen molar-refractivity contribution in [3.63, 3.8) is 0 Å². The van der Waals surface area contributed by atoms with Gasteiger partial charge in [0.15, 0.2) is 0 Å². The van der Waals surface area contributed by atoms with E-state index in [0.717, 1.165) is 24.2 Å². The first-order chi connectivity index (χ1) is 16.4. The lowest BCUT2D eigenvalue weighted by molar-refractivity contribution is 0.0951. The molecule has 0 spiro atoms. The minimum absolute atomic E-state index is 0.194. The van der Waals surface area contributed by atoms with Crippen LogP contribution in [0.3, 0.4) is 0 Å². The highest BCUT2D eigenvalue weighted by molar-refractivity contribution is 7.92. The Bertz CT molecular complexity index is 1190. The zero-order chi connectivity index (χ0) is 24.0. The SMILES string of the molecule is CS(=O)(=O)N(Cc1ccccc1)c1ccc(C(=O)NCc2ccc(N3CCCCC3)cc2)cc1. The molecule has 1 saturated heterocycles. The second kappa shape index (κ2) is 10.7. The molecule has 1 heterocycles. The van der Waals surface area contributed by atoms with E-state index in [2.05, 4.69) is 34.5 Å². The Morgan fingerprint density at radius 2 is 1.50 bits per heavy atom. The van der Waals surface area contributed by atoms with Crippen molar-refractivity contribution in [3.8, 4) is 0 Å². The standard InChI is InChI=1S/C27H31N3O3S/c1-34(32,33)30(21-23-8-4-2-5-9-23)26-16-12-24(13-17-26)27(31)28-20-22-10-14-25(15-11-22)29-18-6-3-7-19-29/h2,4-5,8-17H,3,6-7,18-21H2,1H3,(H,28,31). The Hall–Kier alpha value is -3.32. The molecule has 1 fully saturated rings. The Morgan fingerprint density at radius 1 is 0.853 bits per heavy atom. The summed E-state index contributed by atoms with van der Waals surface area (Å²) >= 11 is 0. The maximum Gasteiger partial charge on any atom is 0.251 e. The van der Waals surface area contributed by atoms with E-state index in [-0.39, 0.29) is 12.5 Å². The van der Waals surface area contributed by atoms with Crippen LogP contribution in [0.2, 0.25) is 0 Å². The molecule has 1 N–H and O–H groups in total. The van der Waals surface area contributed by atoms with Crippen molar-refractivity contribution in [2.45, 2.75) is 32.4 Å². The van der Waals surface area contributed by atoms with Crippen LogP contribution >= 0.6 is 0 Å². The largest absolute Gasteiger partial charge is 0.372 e. The first-order valence-corrected chi connectivity index (χ1v) is 13.5. The predicted octanol–water partition coefficient (Wildman–Crippen LogP) is 4.57. The van der Waals surface area contributed by atoms with Crippen LogP contribution in [-0.4, -0.2) is 33.7 Å². The van der Waals surface area contributed by atoms with Crippen LogP contribution in [0, 0.1) is 0 Å². The number of anilines is 2. The number of hydrogen-bond acceptors (Lipinski definition) is 4. The number of benzene rings is 3. The monoisotopic (exact) mass is 477 g/mol. The normalized spacial score (nSPS) is 14.0. The molecule has 34 heavy (non-hydrogen) atoms. The highest BCUT2D eigenvalue weighted by Crippen LogP contribution is 2.22. The number of amides is 1. The Balaban J connectivity index is 1.37. The van der Waals surface area contributed by atoms with E-state index in [9.17, 15) is 13.2 Å². The molecule has 7 heteroatoms. The molecular formula is C27H31N3O3S. The molecule has 1 aliphatic heterocycles. The van der Waals surface area contributed by atoms with Crippen LogP contribution in [0.4, 0.5) is 11.4 Å². The van der Waals surface area contributed by atoms with Gasteiger partial charge >= 0.3 is 0 Å². The average Bonchev–Trinajstić information content (AvgIpc) is 2.87. The van der Waals surface area contributed by atoms with Crippen LogP contribution in [0.1, 0.15) is 40.7 Å². The number of nitrogens with one attached hydrogen (secondary N) is 1. The third-order valence-corrected chi connectivity index (χ3v) is 7.24. The minimum atomic E-state index is -3.48. The molecule has 0 aliphatic carbocycles. The lowest BCUT2D eigenvalue weighted by atomic mass is 10.1. The summed E-state index contributed by atoms with van der Waals surface area (Å²) in [5, 5.41) is 2.95. The third-order valence-electron chi connectivity index (χ3n) is 6.10. The van der Waals surface area contributed by atoms with E-state index in [0.29, 0.717) is 17.8 Å². The summed E-state index contributed by atoms with van der Waals surface area (Å²) in [7, 11) is -3.48. The molecule has 1 aliphatic rings. The summed E-state index contributed by atoms with van der Waals surface area (Å²) in [5.41, 5.74) is 4.17. The van der Waals surface area contributed by atoms with Crippen LogP contribution < -0.4 is 14.5 Å². The number of hydrogen-bond donors (Lipinski definition) is 1. The van der Waals surface area contributed by atoms with Crippen molar-refractivity contribution in [1.82, 2.24) is 5.32 Å². The zero-order valence-corrected chi connectivity index (χ0v) is 20.3. The predicted molar refractivity (Wildman–Crippen MR) is 138 cm³/mol. The van der Waals surface area contributed by atoms with E-state index in [1.807, 2.05) is 30.3 Å². The number of nitrogens with zero attached hydrogens (tertiary/aromatic N) is 2. The van der Waals surface area contributed by atoms with Gasteiger partial charge < -0.3 is 10.2 Å². The lowest BCUT2D eigenvalue weighted by Crippen LogP contribution is -2.29. The quantitative estimate of drug-likeness (QED) is 0.516. The first kappa shape index (κ1) is 23.8. The van der Waals surface area contributed by atoms with E-state index < -0.39 is 10.0 Å². The van der Waals surface area contributed by atoms with E-state index in [1.165, 1.54) is 35.5 Å². The molecule has 0 atom stereocenters. The summed E-state index contributed by atoms with van der Waals surface area (Å²) < 4.78 is 26.1. The van der Waals surface area contributed by atoms with Gasteiger partial charge in [0.25, 0.3) is 5.91 Å². The summed E-state index contributed by atoms with van der Waals surface area (Å²) in [6.45, 7) is 2.88. The molecule has 3 aromatic rings. The number of sulfonamides is 1. The van der Waals surface area contributed by atoms with Gasteiger partial charge in [0, 0.05) is 30.9 Å². The van der Waals surface area contributed by atoms with Gasteiger partial charge in [-0.25, -0.2) is 8.42 Å². The molecule has 0 bridgehead atoms. The Morgan fingerprint density at radius 3 is 2.12 bits per heavy atom. The molecular weight excluding hydrogens is 446 g/mol. The van der Waals surface area contributed by atoms with Crippen molar-refractivity contribution in [2.75, 3.05) is 28.6 Å². The fourth-order valence-electron chi connectivity index (χ4n) is 4.19. The van der Waals surface area contributed by atoms with Gasteiger partial charge in [-0.3, -0.25) is 9.10 Å². The maximum atomic E-state index is 12.7. The number of carbonyl (C=O) groups excluding carboxylic acids is 1. The molecule has 6 nitrogen and oxygen atoms in total. The van der Waals surface area contributed by atoms with E-state index in [1.54, 1.807) is 24.3 Å². The molecule has 178 valence electrons. The van der Waals surface area contributed by atoms with Gasteiger partial charge in [-0.1, -0.05) is 42.5 Å². The van der Waals surface area contributed by atoms with Crippen molar-refractivity contribution in [2.24, 2.45) is 0 Å². The van der Waals surface area contributed by atoms with Gasteiger partial charge in [0.1, 0.15) is 0 Å². The topological polar surface area (TPSA) is 69.7 Å². The highest BCUT2D eigenvalue weighted by Gasteiger charge is 2.18. The smallest absolute Gasteiger partial charge is 0.251 e. The number of carbonyl (C=O) groups is 1. The first-order valence-electron chi connectivity index (χ1n) is 11.6. The summed E-state index contributed by atoms with van der Waals surface area (Å²) in [6, 6.07) is 24.4. The third kappa shape index (κ3) is 6.17. The van der Waals surface area contributed by atoms with Crippen LogP contribution in [0.15, 0.2) is 78.9 Å². The molecule has 4 rings (SSSR count).